The van der Waals surface area contributed by atoms with Crippen molar-refractivity contribution in [3.05, 3.63) is 107 Å². The molecule has 1 N–H and O–H groups in total. The first-order valence-corrected chi connectivity index (χ1v) is 15.0. The van der Waals surface area contributed by atoms with Crippen molar-refractivity contribution in [2.24, 2.45) is 0 Å². The van der Waals surface area contributed by atoms with Crippen molar-refractivity contribution in [2.45, 2.75) is 38.1 Å². The van der Waals surface area contributed by atoms with E-state index in [0.29, 0.717) is 24.3 Å². The molecule has 3 aromatic carbocycles. The predicted octanol–water partition coefficient (Wildman–Crippen LogP) is 3.65. The van der Waals surface area contributed by atoms with Crippen LogP contribution in [0.3, 0.4) is 0 Å². The van der Waals surface area contributed by atoms with Crippen molar-refractivity contribution >= 4 is 21.8 Å². The first kappa shape index (κ1) is 29.4. The van der Waals surface area contributed by atoms with E-state index in [1.165, 1.54) is 17.0 Å². The van der Waals surface area contributed by atoms with Crippen molar-refractivity contribution in [1.82, 2.24) is 14.5 Å². The number of hydrogen-bond acceptors (Lipinski definition) is 5. The normalized spacial score (nSPS) is 16.0. The molecule has 0 unspecified atom stereocenters. The Hall–Kier alpha value is -3.60. The number of rotatable bonds is 12. The van der Waals surface area contributed by atoms with Crippen LogP contribution in [0.5, 0.6) is 0 Å². The van der Waals surface area contributed by atoms with Gasteiger partial charge in [-0.3, -0.25) is 9.59 Å². The summed E-state index contributed by atoms with van der Waals surface area (Å²) in [5.41, 5.74) is 1.88. The fraction of sp³-hybridized carbons (Fsp3) is 0.333. The summed E-state index contributed by atoms with van der Waals surface area (Å²) in [6, 6.07) is 22.4. The third kappa shape index (κ3) is 8.20. The number of sulfonamides is 1. The zero-order valence-corrected chi connectivity index (χ0v) is 23.2. The maximum Gasteiger partial charge on any atom is 0.247 e. The molecule has 0 bridgehead atoms. The fourth-order valence-corrected chi connectivity index (χ4v) is 5.38. The number of ether oxygens (including phenoxy) is 1. The van der Waals surface area contributed by atoms with Crippen molar-refractivity contribution < 1.29 is 27.1 Å². The van der Waals surface area contributed by atoms with Gasteiger partial charge in [0.2, 0.25) is 21.8 Å². The molecule has 2 atom stereocenters. The number of halogens is 1. The lowest BCUT2D eigenvalue weighted by Gasteiger charge is -2.33. The Kier molecular flexibility index (Phi) is 10.0. The zero-order chi connectivity index (χ0) is 28.5. The van der Waals surface area contributed by atoms with E-state index in [9.17, 15) is 22.4 Å². The molecule has 0 aliphatic carbocycles. The molecule has 0 spiro atoms. The quantitative estimate of drug-likeness (QED) is 0.361. The van der Waals surface area contributed by atoms with Crippen molar-refractivity contribution in [3.63, 3.8) is 0 Å². The molecule has 8 nitrogen and oxygen atoms in total. The average molecular weight is 568 g/mol. The lowest BCUT2D eigenvalue weighted by molar-refractivity contribution is -0.142. The smallest absolute Gasteiger partial charge is 0.247 e. The molecule has 3 aromatic rings. The maximum atomic E-state index is 14.0. The SMILES string of the molecule is CS(=O)(=O)N(CC(=O)N(Cc1ccc(F)cc1)[C@@H](C(=O)NC[C@@H]1CCCO1)c1ccccc1)Cc1ccccc1. The van der Waals surface area contributed by atoms with Gasteiger partial charge in [0.15, 0.2) is 0 Å². The van der Waals surface area contributed by atoms with Gasteiger partial charge in [-0.05, 0) is 41.7 Å². The van der Waals surface area contributed by atoms with E-state index in [4.69, 9.17) is 4.74 Å². The lowest BCUT2D eigenvalue weighted by atomic mass is 10.0. The summed E-state index contributed by atoms with van der Waals surface area (Å²) >= 11 is 0. The van der Waals surface area contributed by atoms with Crippen LogP contribution in [0.25, 0.3) is 0 Å². The van der Waals surface area contributed by atoms with E-state index >= 15 is 0 Å². The number of carbonyl (C=O) groups excluding carboxylic acids is 2. The summed E-state index contributed by atoms with van der Waals surface area (Å²) < 4.78 is 45.9. The second kappa shape index (κ2) is 13.6. The Morgan fingerprint density at radius 2 is 1.57 bits per heavy atom. The molecular formula is C30H34FN3O5S. The van der Waals surface area contributed by atoms with Crippen LogP contribution in [0.4, 0.5) is 4.39 Å². The summed E-state index contributed by atoms with van der Waals surface area (Å²) in [4.78, 5) is 29.1. The van der Waals surface area contributed by atoms with Gasteiger partial charge in [-0.25, -0.2) is 12.8 Å². The molecule has 4 rings (SSSR count). The van der Waals surface area contributed by atoms with Gasteiger partial charge < -0.3 is 15.0 Å². The molecule has 1 saturated heterocycles. The summed E-state index contributed by atoms with van der Waals surface area (Å²) in [6.45, 7) is 0.425. The number of nitrogens with zero attached hydrogens (tertiary/aromatic N) is 2. The molecule has 212 valence electrons. The fourth-order valence-electron chi connectivity index (χ4n) is 4.65. The molecule has 0 saturated carbocycles. The van der Waals surface area contributed by atoms with Crippen LogP contribution in [-0.2, 0) is 37.4 Å². The van der Waals surface area contributed by atoms with Crippen LogP contribution in [0.1, 0.15) is 35.6 Å². The van der Waals surface area contributed by atoms with E-state index in [1.807, 2.05) is 12.1 Å². The summed E-state index contributed by atoms with van der Waals surface area (Å²) in [5.74, 6) is -1.40. The summed E-state index contributed by atoms with van der Waals surface area (Å²) in [7, 11) is -3.78. The van der Waals surface area contributed by atoms with Gasteiger partial charge >= 0.3 is 0 Å². The largest absolute Gasteiger partial charge is 0.376 e. The van der Waals surface area contributed by atoms with Crippen LogP contribution in [-0.4, -0.2) is 61.5 Å². The lowest BCUT2D eigenvalue weighted by Crippen LogP contribution is -2.48. The molecular weight excluding hydrogens is 533 g/mol. The Labute approximate surface area is 234 Å². The molecule has 1 heterocycles. The van der Waals surface area contributed by atoms with Gasteiger partial charge in [-0.15, -0.1) is 0 Å². The topological polar surface area (TPSA) is 96.0 Å². The highest BCUT2D eigenvalue weighted by atomic mass is 32.2. The molecule has 1 fully saturated rings. The number of nitrogens with one attached hydrogen (secondary N) is 1. The van der Waals surface area contributed by atoms with E-state index in [-0.39, 0.29) is 19.2 Å². The molecule has 0 radical (unpaired) electrons. The molecule has 1 aliphatic rings. The first-order chi connectivity index (χ1) is 19.2. The second-order valence-corrected chi connectivity index (χ2v) is 11.8. The predicted molar refractivity (Wildman–Crippen MR) is 150 cm³/mol. The van der Waals surface area contributed by atoms with Crippen molar-refractivity contribution in [3.8, 4) is 0 Å². The van der Waals surface area contributed by atoms with E-state index in [2.05, 4.69) is 5.32 Å². The number of benzene rings is 3. The Morgan fingerprint density at radius 3 is 2.17 bits per heavy atom. The van der Waals surface area contributed by atoms with Crippen molar-refractivity contribution in [2.75, 3.05) is 26.0 Å². The molecule has 2 amide bonds. The van der Waals surface area contributed by atoms with Gasteiger partial charge in [-0.2, -0.15) is 4.31 Å². The molecule has 10 heteroatoms. The van der Waals surface area contributed by atoms with E-state index in [1.54, 1.807) is 60.7 Å². The minimum absolute atomic E-state index is 0.00296. The average Bonchev–Trinajstić information content (AvgIpc) is 3.47. The highest BCUT2D eigenvalue weighted by molar-refractivity contribution is 7.88. The van der Waals surface area contributed by atoms with E-state index < -0.39 is 40.2 Å². The number of hydrogen-bond donors (Lipinski definition) is 1. The monoisotopic (exact) mass is 567 g/mol. The zero-order valence-electron chi connectivity index (χ0n) is 22.4. The van der Waals surface area contributed by atoms with Crippen LogP contribution in [0.15, 0.2) is 84.9 Å². The first-order valence-electron chi connectivity index (χ1n) is 13.2. The van der Waals surface area contributed by atoms with Gasteiger partial charge in [0.1, 0.15) is 11.9 Å². The highest BCUT2D eigenvalue weighted by Gasteiger charge is 2.34. The minimum atomic E-state index is -3.78. The molecule has 0 aromatic heterocycles. The van der Waals surface area contributed by atoms with Gasteiger partial charge in [0, 0.05) is 26.2 Å². The third-order valence-electron chi connectivity index (χ3n) is 6.77. The summed E-state index contributed by atoms with van der Waals surface area (Å²) in [5, 5.41) is 2.93. The summed E-state index contributed by atoms with van der Waals surface area (Å²) in [6.07, 6.45) is 2.70. The van der Waals surface area contributed by atoms with Gasteiger partial charge in [0.05, 0.1) is 18.9 Å². The van der Waals surface area contributed by atoms with Crippen LogP contribution in [0, 0.1) is 5.82 Å². The Balaban J connectivity index is 1.67. The van der Waals surface area contributed by atoms with Gasteiger partial charge in [-0.1, -0.05) is 72.8 Å². The Morgan fingerprint density at radius 1 is 0.950 bits per heavy atom. The number of amides is 2. The maximum absolute atomic E-state index is 14.0. The Bertz CT molecular complexity index is 1370. The van der Waals surface area contributed by atoms with Crippen LogP contribution < -0.4 is 5.32 Å². The van der Waals surface area contributed by atoms with Crippen molar-refractivity contribution in [1.29, 1.82) is 0 Å². The second-order valence-electron chi connectivity index (χ2n) is 9.86. The highest BCUT2D eigenvalue weighted by Crippen LogP contribution is 2.25. The van der Waals surface area contributed by atoms with Crippen LogP contribution in [0.2, 0.25) is 0 Å². The van der Waals surface area contributed by atoms with E-state index in [0.717, 1.165) is 29.0 Å². The molecule has 1 aliphatic heterocycles. The minimum Gasteiger partial charge on any atom is -0.376 e. The third-order valence-corrected chi connectivity index (χ3v) is 7.97. The van der Waals surface area contributed by atoms with Crippen LogP contribution >= 0.6 is 0 Å². The number of carbonyl (C=O) groups is 2. The standard InChI is InChI=1S/C30H34FN3O5S/c1-40(37,38)33(20-23-9-4-2-5-10-23)22-28(35)34(21-24-14-16-26(31)17-15-24)29(25-11-6-3-7-12-25)30(36)32-19-27-13-8-18-39-27/h2-7,9-12,14-17,27,29H,8,13,18-22H2,1H3,(H,32,36)/t27-,29+/m0/s1. The molecule has 40 heavy (non-hydrogen) atoms. The van der Waals surface area contributed by atoms with Gasteiger partial charge in [0.25, 0.3) is 0 Å².